The van der Waals surface area contributed by atoms with Crippen molar-refractivity contribution in [3.63, 3.8) is 0 Å². The van der Waals surface area contributed by atoms with E-state index in [4.69, 9.17) is 11.5 Å². The van der Waals surface area contributed by atoms with Gasteiger partial charge in [-0.1, -0.05) is 53.1 Å². The first-order valence-corrected chi connectivity index (χ1v) is 15.9. The van der Waals surface area contributed by atoms with Gasteiger partial charge in [-0.25, -0.2) is 25.3 Å². The van der Waals surface area contributed by atoms with Gasteiger partial charge in [0.15, 0.2) is 19.7 Å². The molecule has 0 bridgehead atoms. The molecule has 0 amide bonds. The summed E-state index contributed by atoms with van der Waals surface area (Å²) in [5, 5.41) is -3.35. The van der Waals surface area contributed by atoms with Crippen molar-refractivity contribution in [3.8, 4) is 0 Å². The van der Waals surface area contributed by atoms with E-state index in [1.165, 1.54) is 36.4 Å². The monoisotopic (exact) mass is 565 g/mol. The molecule has 0 fully saturated rings. The van der Waals surface area contributed by atoms with Gasteiger partial charge in [-0.2, -0.15) is 4.31 Å². The molecular formula is C25H31N3O6S3. The predicted molar refractivity (Wildman–Crippen MR) is 143 cm³/mol. The molecule has 37 heavy (non-hydrogen) atoms. The van der Waals surface area contributed by atoms with Crippen LogP contribution in [0, 0.1) is 20.8 Å². The average molecular weight is 566 g/mol. The molecule has 2 unspecified atom stereocenters. The van der Waals surface area contributed by atoms with Crippen LogP contribution < -0.4 is 11.5 Å². The molecule has 9 nitrogen and oxygen atoms in total. The van der Waals surface area contributed by atoms with Crippen LogP contribution in [-0.2, 0) is 29.7 Å². The average Bonchev–Trinajstić information content (AvgIpc) is 2.84. The van der Waals surface area contributed by atoms with Gasteiger partial charge >= 0.3 is 0 Å². The van der Waals surface area contributed by atoms with Crippen LogP contribution in [0.25, 0.3) is 0 Å². The van der Waals surface area contributed by atoms with Crippen molar-refractivity contribution >= 4 is 29.7 Å². The zero-order valence-corrected chi connectivity index (χ0v) is 23.2. The fourth-order valence-electron chi connectivity index (χ4n) is 3.53. The van der Waals surface area contributed by atoms with Crippen LogP contribution in [0.1, 0.15) is 16.7 Å². The Kier molecular flexibility index (Phi) is 8.62. The van der Waals surface area contributed by atoms with Crippen LogP contribution in [0.2, 0.25) is 0 Å². The Morgan fingerprint density at radius 2 is 0.811 bits per heavy atom. The number of aryl methyl sites for hydroxylation is 3. The van der Waals surface area contributed by atoms with Crippen molar-refractivity contribution in [1.29, 1.82) is 0 Å². The Labute approximate surface area is 219 Å². The third kappa shape index (κ3) is 6.46. The summed E-state index contributed by atoms with van der Waals surface area (Å²) in [6, 6.07) is 17.8. The maximum atomic E-state index is 13.6. The number of sulfone groups is 2. The van der Waals surface area contributed by atoms with E-state index in [2.05, 4.69) is 0 Å². The highest BCUT2D eigenvalue weighted by Crippen LogP contribution is 2.23. The summed E-state index contributed by atoms with van der Waals surface area (Å²) in [7, 11) is -12.7. The fraction of sp³-hybridized carbons (Fsp3) is 0.280. The van der Waals surface area contributed by atoms with Gasteiger partial charge in [-0.05, 0) is 57.2 Å². The lowest BCUT2D eigenvalue weighted by Crippen LogP contribution is -2.50. The summed E-state index contributed by atoms with van der Waals surface area (Å²) in [4.78, 5) is -0.289. The van der Waals surface area contributed by atoms with E-state index in [-0.39, 0.29) is 14.7 Å². The molecule has 0 aromatic heterocycles. The summed E-state index contributed by atoms with van der Waals surface area (Å²) in [6.45, 7) is 3.96. The first kappa shape index (κ1) is 29.0. The number of nitrogens with two attached hydrogens (primary N) is 2. The maximum Gasteiger partial charge on any atom is 0.243 e. The van der Waals surface area contributed by atoms with Gasteiger partial charge in [-0.3, -0.25) is 0 Å². The molecule has 0 aliphatic heterocycles. The van der Waals surface area contributed by atoms with Gasteiger partial charge in [-0.15, -0.1) is 0 Å². The van der Waals surface area contributed by atoms with Crippen molar-refractivity contribution in [2.75, 3.05) is 13.1 Å². The summed E-state index contributed by atoms with van der Waals surface area (Å²) < 4.78 is 80.3. The fourth-order valence-corrected chi connectivity index (χ4v) is 7.70. The van der Waals surface area contributed by atoms with Crippen LogP contribution in [0.3, 0.4) is 0 Å². The molecule has 200 valence electrons. The van der Waals surface area contributed by atoms with Gasteiger partial charge in [0.2, 0.25) is 10.0 Å². The van der Waals surface area contributed by atoms with Gasteiger partial charge in [0.1, 0.15) is 10.7 Å². The SMILES string of the molecule is Cc1ccc(S(=O)(=O)C(N)CN(CC(N)S(=O)(=O)c2ccc(C)cc2)S(=O)(=O)c2ccc(C)cc2)cc1. The third-order valence-electron chi connectivity index (χ3n) is 5.92. The Balaban J connectivity index is 2.00. The Bertz CT molecular complexity index is 1470. The molecule has 3 aromatic carbocycles. The minimum absolute atomic E-state index is 0.0742. The van der Waals surface area contributed by atoms with E-state index in [1.54, 1.807) is 57.2 Å². The molecule has 0 aliphatic rings. The largest absolute Gasteiger partial charge is 0.314 e. The van der Waals surface area contributed by atoms with E-state index in [0.29, 0.717) is 0 Å². The standard InChI is InChI=1S/C25H31N3O6S3/c1-18-4-10-21(11-5-18)35(29,30)24(26)16-28(37(33,34)23-14-8-20(3)9-15-23)17-25(27)36(31,32)22-12-6-19(2)7-13-22/h4-15,24-25H,16-17,26-27H2,1-3H3. The molecular weight excluding hydrogens is 534 g/mol. The summed E-state index contributed by atoms with van der Waals surface area (Å²) in [5.74, 6) is 0. The molecule has 3 rings (SSSR count). The van der Waals surface area contributed by atoms with Crippen molar-refractivity contribution in [1.82, 2.24) is 4.31 Å². The topological polar surface area (TPSA) is 158 Å². The van der Waals surface area contributed by atoms with Crippen LogP contribution in [0.15, 0.2) is 87.5 Å². The normalized spacial score (nSPS) is 14.4. The van der Waals surface area contributed by atoms with Gasteiger partial charge < -0.3 is 11.5 Å². The molecule has 2 atom stereocenters. The zero-order valence-electron chi connectivity index (χ0n) is 20.8. The Morgan fingerprint density at radius 1 is 0.541 bits per heavy atom. The summed E-state index contributed by atoms with van der Waals surface area (Å²) >= 11 is 0. The van der Waals surface area contributed by atoms with Crippen LogP contribution in [-0.4, -0.2) is 53.4 Å². The van der Waals surface area contributed by atoms with E-state index in [0.717, 1.165) is 21.0 Å². The van der Waals surface area contributed by atoms with Crippen LogP contribution in [0.4, 0.5) is 0 Å². The Hall–Kier alpha value is -2.61. The van der Waals surface area contributed by atoms with Crippen molar-refractivity contribution < 1.29 is 25.3 Å². The highest BCUT2D eigenvalue weighted by atomic mass is 32.2. The van der Waals surface area contributed by atoms with Crippen LogP contribution >= 0.6 is 0 Å². The number of sulfonamides is 1. The second-order valence-corrected chi connectivity index (χ2v) is 15.2. The molecule has 0 saturated carbocycles. The van der Waals surface area contributed by atoms with E-state index in [1.807, 2.05) is 0 Å². The number of nitrogens with zero attached hydrogens (tertiary/aromatic N) is 1. The quantitative estimate of drug-likeness (QED) is 0.378. The van der Waals surface area contributed by atoms with E-state index >= 15 is 0 Å². The van der Waals surface area contributed by atoms with Crippen molar-refractivity contribution in [2.24, 2.45) is 11.5 Å². The maximum absolute atomic E-state index is 13.6. The predicted octanol–water partition coefficient (Wildman–Crippen LogP) is 2.12. The molecule has 3 aromatic rings. The summed E-state index contributed by atoms with van der Waals surface area (Å²) in [5.41, 5.74) is 14.6. The molecule has 0 aliphatic carbocycles. The number of benzene rings is 3. The number of hydrogen-bond donors (Lipinski definition) is 2. The van der Waals surface area contributed by atoms with Crippen molar-refractivity contribution in [3.05, 3.63) is 89.5 Å². The highest BCUT2D eigenvalue weighted by molar-refractivity contribution is 7.92. The first-order chi connectivity index (χ1) is 17.2. The molecule has 0 radical (unpaired) electrons. The lowest BCUT2D eigenvalue weighted by atomic mass is 10.2. The molecule has 0 saturated heterocycles. The molecule has 0 heterocycles. The lowest BCUT2D eigenvalue weighted by Gasteiger charge is -2.27. The van der Waals surface area contributed by atoms with E-state index < -0.39 is 53.5 Å². The van der Waals surface area contributed by atoms with Crippen LogP contribution in [0.5, 0.6) is 0 Å². The second kappa shape index (κ2) is 11.0. The zero-order chi connectivity index (χ0) is 27.6. The van der Waals surface area contributed by atoms with Gasteiger partial charge in [0.25, 0.3) is 0 Å². The van der Waals surface area contributed by atoms with Gasteiger partial charge in [0, 0.05) is 13.1 Å². The Morgan fingerprint density at radius 3 is 1.11 bits per heavy atom. The summed E-state index contributed by atoms with van der Waals surface area (Å²) in [6.07, 6.45) is 0. The van der Waals surface area contributed by atoms with Gasteiger partial charge in [0.05, 0.1) is 14.7 Å². The first-order valence-electron chi connectivity index (χ1n) is 11.3. The number of hydrogen-bond acceptors (Lipinski definition) is 8. The molecule has 4 N–H and O–H groups in total. The lowest BCUT2D eigenvalue weighted by molar-refractivity contribution is 0.400. The van der Waals surface area contributed by atoms with Crippen molar-refractivity contribution in [2.45, 2.75) is 46.2 Å². The minimum atomic E-state index is -4.36. The highest BCUT2D eigenvalue weighted by Gasteiger charge is 2.36. The molecule has 12 heteroatoms. The van der Waals surface area contributed by atoms with E-state index in [9.17, 15) is 25.3 Å². The second-order valence-electron chi connectivity index (χ2n) is 8.93. The third-order valence-corrected chi connectivity index (χ3v) is 11.5. The molecule has 0 spiro atoms. The number of rotatable bonds is 10. The smallest absolute Gasteiger partial charge is 0.243 e. The minimum Gasteiger partial charge on any atom is -0.314 e.